The van der Waals surface area contributed by atoms with Gasteiger partial charge in [0.25, 0.3) is 0 Å². The number of hydrogen-bond acceptors (Lipinski definition) is 2. The Labute approximate surface area is 69.3 Å². The third kappa shape index (κ3) is 1.38. The van der Waals surface area contributed by atoms with Crippen molar-refractivity contribution >= 4 is 34.2 Å². The Balaban J connectivity index is 2.57. The molecule has 1 aliphatic heterocycles. The average Bonchev–Trinajstić information content (AvgIpc) is 2.13. The van der Waals surface area contributed by atoms with Crippen molar-refractivity contribution < 1.29 is 4.79 Å². The molecule has 0 aromatic rings. The molecule has 0 spiro atoms. The number of hydrazine groups is 1. The van der Waals surface area contributed by atoms with Crippen LogP contribution < -0.4 is 5.43 Å². The molecule has 10 heavy (non-hydrogen) atoms. The van der Waals surface area contributed by atoms with Crippen molar-refractivity contribution in [2.24, 2.45) is 5.92 Å². The molecule has 1 N–H and O–H groups in total. The van der Waals surface area contributed by atoms with E-state index in [0.717, 1.165) is 0 Å². The largest absolute Gasteiger partial charge is 0.273 e. The number of nitrogens with one attached hydrogen (secondary N) is 1. The van der Waals surface area contributed by atoms with E-state index < -0.39 is 0 Å². The molecule has 0 aliphatic carbocycles. The molecule has 1 aliphatic rings. The van der Waals surface area contributed by atoms with E-state index in [-0.39, 0.29) is 16.3 Å². The van der Waals surface area contributed by atoms with E-state index in [4.69, 9.17) is 11.6 Å². The van der Waals surface area contributed by atoms with Gasteiger partial charge in [-0.25, -0.2) is 0 Å². The molecule has 0 aromatic heterocycles. The minimum absolute atomic E-state index is 0.0169. The Morgan fingerprint density at radius 3 is 2.80 bits per heavy atom. The van der Waals surface area contributed by atoms with Crippen LogP contribution in [0.5, 0.6) is 0 Å². The Bertz CT molecular complexity index is 184. The highest BCUT2D eigenvalue weighted by Crippen LogP contribution is 2.08. The van der Waals surface area contributed by atoms with Crippen LogP contribution in [0.25, 0.3) is 0 Å². The summed E-state index contributed by atoms with van der Waals surface area (Å²) in [5, 5.41) is 1.46. The number of hydrogen-bond donors (Lipinski definition) is 1. The predicted octanol–water partition coefficient (Wildman–Crippen LogP) is 0.493. The second-order valence-electron chi connectivity index (χ2n) is 2.24. The van der Waals surface area contributed by atoms with E-state index in [1.165, 1.54) is 5.01 Å². The molecule has 1 unspecified atom stereocenters. The molecular weight excluding hydrogens is 172 g/mol. The Hall–Kier alpha value is -0.350. The number of carbonyl (C=O) groups excluding carboxylic acids is 1. The molecule has 1 atom stereocenters. The van der Waals surface area contributed by atoms with Gasteiger partial charge in [0.1, 0.15) is 0 Å². The fourth-order valence-electron chi connectivity index (χ4n) is 0.761. The van der Waals surface area contributed by atoms with Crippen molar-refractivity contribution in [3.05, 3.63) is 0 Å². The van der Waals surface area contributed by atoms with Gasteiger partial charge in [0.15, 0.2) is 4.45 Å². The zero-order valence-corrected chi connectivity index (χ0v) is 7.00. The highest BCUT2D eigenvalue weighted by atomic mass is 35.5. The molecule has 0 saturated carbocycles. The van der Waals surface area contributed by atoms with Crippen LogP contribution in [0, 0.1) is 5.92 Å². The first-order valence-corrected chi connectivity index (χ1v) is 3.67. The van der Waals surface area contributed by atoms with Crippen LogP contribution in [-0.4, -0.2) is 21.9 Å². The van der Waals surface area contributed by atoms with Crippen molar-refractivity contribution in [1.29, 1.82) is 0 Å². The smallest absolute Gasteiger partial charge is 0.243 e. The molecule has 5 heteroatoms. The lowest BCUT2D eigenvalue weighted by Gasteiger charge is -2.11. The maximum Gasteiger partial charge on any atom is 0.243 e. The third-order valence-electron chi connectivity index (χ3n) is 1.36. The number of carbonyl (C=O) groups is 1. The Morgan fingerprint density at radius 2 is 2.60 bits per heavy atom. The minimum Gasteiger partial charge on any atom is -0.273 e. The molecule has 1 amide bonds. The molecule has 1 fully saturated rings. The fourth-order valence-corrected chi connectivity index (χ4v) is 0.993. The molecule has 0 aromatic carbocycles. The maximum atomic E-state index is 10.8. The summed E-state index contributed by atoms with van der Waals surface area (Å²) in [6.07, 6.45) is 0. The summed E-state index contributed by atoms with van der Waals surface area (Å²) in [5.74, 6) is -0.0419. The summed E-state index contributed by atoms with van der Waals surface area (Å²) in [4.78, 5) is 10.8. The molecule has 3 nitrogen and oxygen atoms in total. The van der Waals surface area contributed by atoms with Crippen molar-refractivity contribution in [2.45, 2.75) is 6.92 Å². The summed E-state index contributed by atoms with van der Waals surface area (Å²) >= 11 is 10.1. The topological polar surface area (TPSA) is 32.3 Å². The number of thiocarbonyl (C=S) groups is 1. The summed E-state index contributed by atoms with van der Waals surface area (Å²) in [5.41, 5.74) is 2.52. The highest BCUT2D eigenvalue weighted by Gasteiger charge is 2.27. The minimum atomic E-state index is -0.0250. The zero-order valence-electron chi connectivity index (χ0n) is 5.43. The van der Waals surface area contributed by atoms with Crippen LogP contribution in [0.4, 0.5) is 0 Å². The normalized spacial score (nSPS) is 24.8. The quantitative estimate of drug-likeness (QED) is 0.333. The van der Waals surface area contributed by atoms with Gasteiger partial charge >= 0.3 is 0 Å². The van der Waals surface area contributed by atoms with E-state index in [0.29, 0.717) is 6.54 Å². The SMILES string of the molecule is CC1CN(C(=S)Cl)NC1=O. The second kappa shape index (κ2) is 2.72. The van der Waals surface area contributed by atoms with Crippen LogP contribution in [0.3, 0.4) is 0 Å². The first kappa shape index (κ1) is 7.75. The van der Waals surface area contributed by atoms with Gasteiger partial charge in [-0.05, 0) is 12.2 Å². The lowest BCUT2D eigenvalue weighted by molar-refractivity contribution is -0.122. The fraction of sp³-hybridized carbons (Fsp3) is 0.600. The number of rotatable bonds is 0. The number of amides is 1. The predicted molar refractivity (Wildman–Crippen MR) is 42.5 cm³/mol. The van der Waals surface area contributed by atoms with E-state index in [9.17, 15) is 4.79 Å². The van der Waals surface area contributed by atoms with Crippen molar-refractivity contribution in [1.82, 2.24) is 10.4 Å². The summed E-state index contributed by atoms with van der Waals surface area (Å²) in [7, 11) is 0. The van der Waals surface area contributed by atoms with Crippen molar-refractivity contribution in [3.63, 3.8) is 0 Å². The van der Waals surface area contributed by atoms with E-state index in [1.807, 2.05) is 6.92 Å². The van der Waals surface area contributed by atoms with Crippen molar-refractivity contribution in [2.75, 3.05) is 6.54 Å². The molecule has 0 bridgehead atoms. The second-order valence-corrected chi connectivity index (χ2v) is 3.21. The van der Waals surface area contributed by atoms with Gasteiger partial charge in [0.2, 0.25) is 5.91 Å². The highest BCUT2D eigenvalue weighted by molar-refractivity contribution is 7.83. The van der Waals surface area contributed by atoms with Crippen molar-refractivity contribution in [3.8, 4) is 0 Å². The van der Waals surface area contributed by atoms with E-state index in [1.54, 1.807) is 0 Å². The van der Waals surface area contributed by atoms with Crippen LogP contribution in [0.15, 0.2) is 0 Å². The maximum absolute atomic E-state index is 10.8. The van der Waals surface area contributed by atoms with Crippen LogP contribution in [0.2, 0.25) is 0 Å². The molecular formula is C5H7ClN2OS. The third-order valence-corrected chi connectivity index (χ3v) is 1.79. The van der Waals surface area contributed by atoms with Gasteiger partial charge in [-0.3, -0.25) is 15.2 Å². The zero-order chi connectivity index (χ0) is 7.72. The Kier molecular flexibility index (Phi) is 2.11. The van der Waals surface area contributed by atoms with E-state index >= 15 is 0 Å². The number of nitrogens with zero attached hydrogens (tertiary/aromatic N) is 1. The molecule has 1 heterocycles. The first-order chi connectivity index (χ1) is 4.61. The Morgan fingerprint density at radius 1 is 2.00 bits per heavy atom. The monoisotopic (exact) mass is 178 g/mol. The van der Waals surface area contributed by atoms with Gasteiger partial charge < -0.3 is 0 Å². The summed E-state index contributed by atoms with van der Waals surface area (Å²) < 4.78 is 0.192. The molecule has 0 radical (unpaired) electrons. The van der Waals surface area contributed by atoms with Gasteiger partial charge in [0.05, 0.1) is 12.5 Å². The summed E-state index contributed by atoms with van der Waals surface area (Å²) in [6.45, 7) is 2.39. The molecule has 56 valence electrons. The first-order valence-electron chi connectivity index (χ1n) is 2.88. The standard InChI is InChI=1S/C5H7ClN2OS/c1-3-2-8(5(6)10)7-4(3)9/h3H,2H2,1H3,(H,7,9). The molecule has 1 saturated heterocycles. The van der Waals surface area contributed by atoms with Gasteiger partial charge in [-0.2, -0.15) is 0 Å². The van der Waals surface area contributed by atoms with Crippen LogP contribution in [-0.2, 0) is 4.79 Å². The lowest BCUT2D eigenvalue weighted by atomic mass is 10.2. The summed E-state index contributed by atoms with van der Waals surface area (Å²) in [6, 6.07) is 0. The lowest BCUT2D eigenvalue weighted by Crippen LogP contribution is -2.34. The van der Waals surface area contributed by atoms with Crippen LogP contribution >= 0.6 is 23.8 Å². The average molecular weight is 179 g/mol. The number of halogens is 1. The van der Waals surface area contributed by atoms with Crippen LogP contribution in [0.1, 0.15) is 6.92 Å². The van der Waals surface area contributed by atoms with E-state index in [2.05, 4.69) is 17.6 Å². The van der Waals surface area contributed by atoms with Gasteiger partial charge in [-0.1, -0.05) is 18.5 Å². The van der Waals surface area contributed by atoms with Gasteiger partial charge in [0, 0.05) is 0 Å². The molecule has 1 rings (SSSR count). The van der Waals surface area contributed by atoms with Gasteiger partial charge in [-0.15, -0.1) is 0 Å².